The average Bonchev–Trinajstić information content (AvgIpc) is 2.76. The summed E-state index contributed by atoms with van der Waals surface area (Å²) < 4.78 is 32.8. The maximum atomic E-state index is 13.7. The van der Waals surface area contributed by atoms with Crippen LogP contribution in [0.25, 0.3) is 11.5 Å². The Morgan fingerprint density at radius 3 is 2.50 bits per heavy atom. The minimum atomic E-state index is -0.776. The lowest BCUT2D eigenvalue weighted by molar-refractivity contribution is 0.448. The van der Waals surface area contributed by atoms with Crippen molar-refractivity contribution in [3.05, 3.63) is 34.1 Å². The monoisotopic (exact) mass is 317 g/mol. The third-order valence-corrected chi connectivity index (χ3v) is 2.88. The summed E-state index contributed by atoms with van der Waals surface area (Å²) in [6.45, 7) is 1.84. The highest BCUT2D eigenvalue weighted by atomic mass is 79.9. The summed E-state index contributed by atoms with van der Waals surface area (Å²) >= 11 is 2.99. The van der Waals surface area contributed by atoms with Gasteiger partial charge in [-0.2, -0.15) is 0 Å². The van der Waals surface area contributed by atoms with Crippen LogP contribution in [0.4, 0.5) is 8.78 Å². The molecule has 0 aliphatic carbocycles. The molecule has 1 atom stereocenters. The molecule has 2 N–H and O–H groups in total. The molecule has 1 heterocycles. The second kappa shape index (κ2) is 5.11. The Kier molecular flexibility index (Phi) is 3.72. The van der Waals surface area contributed by atoms with Gasteiger partial charge in [-0.3, -0.25) is 0 Å². The molecule has 0 amide bonds. The van der Waals surface area contributed by atoms with Crippen LogP contribution in [0, 0.1) is 11.6 Å². The molecule has 1 unspecified atom stereocenters. The van der Waals surface area contributed by atoms with Crippen LogP contribution < -0.4 is 5.73 Å². The first-order valence-electron chi connectivity index (χ1n) is 5.26. The lowest BCUT2D eigenvalue weighted by Crippen LogP contribution is -2.08. The molecule has 2 aromatic rings. The number of rotatable bonds is 3. The third-order valence-electron chi connectivity index (χ3n) is 2.42. The van der Waals surface area contributed by atoms with Gasteiger partial charge in [-0.25, -0.2) is 8.78 Å². The van der Waals surface area contributed by atoms with Gasteiger partial charge in [-0.1, -0.05) is 22.9 Å². The van der Waals surface area contributed by atoms with E-state index in [9.17, 15) is 8.78 Å². The minimum absolute atomic E-state index is 0.161. The van der Waals surface area contributed by atoms with Crippen molar-refractivity contribution in [1.82, 2.24) is 10.2 Å². The standard InChI is InChI=1S/C11H10BrF2N3O/c1-2-8(15)10-16-17-11(18-10)9-6(13)3-5(12)4-7(9)14/h3-4,8H,2,15H2,1H3. The SMILES string of the molecule is CCC(N)c1nnc(-c2c(F)cc(Br)cc2F)o1. The van der Waals surface area contributed by atoms with Crippen LogP contribution in [0.2, 0.25) is 0 Å². The molecular formula is C11H10BrF2N3O. The molecule has 96 valence electrons. The molecule has 0 aliphatic heterocycles. The van der Waals surface area contributed by atoms with Crippen LogP contribution in [0.1, 0.15) is 25.3 Å². The average molecular weight is 318 g/mol. The fourth-order valence-corrected chi connectivity index (χ4v) is 1.81. The first-order valence-corrected chi connectivity index (χ1v) is 6.06. The first kappa shape index (κ1) is 13.1. The molecule has 0 fully saturated rings. The summed E-state index contributed by atoms with van der Waals surface area (Å²) in [7, 11) is 0. The molecule has 0 saturated heterocycles. The van der Waals surface area contributed by atoms with Gasteiger partial charge in [-0.15, -0.1) is 10.2 Å². The molecule has 2 rings (SSSR count). The lowest BCUT2D eigenvalue weighted by atomic mass is 10.2. The van der Waals surface area contributed by atoms with Crippen molar-refractivity contribution in [3.8, 4) is 11.5 Å². The molecular weight excluding hydrogens is 308 g/mol. The van der Waals surface area contributed by atoms with Gasteiger partial charge in [-0.05, 0) is 18.6 Å². The Morgan fingerprint density at radius 2 is 1.94 bits per heavy atom. The van der Waals surface area contributed by atoms with Crippen molar-refractivity contribution in [2.45, 2.75) is 19.4 Å². The number of hydrogen-bond acceptors (Lipinski definition) is 4. The lowest BCUT2D eigenvalue weighted by Gasteiger charge is -2.02. The number of nitrogens with two attached hydrogens (primary N) is 1. The smallest absolute Gasteiger partial charge is 0.253 e. The van der Waals surface area contributed by atoms with E-state index in [-0.39, 0.29) is 17.3 Å². The summed E-state index contributed by atoms with van der Waals surface area (Å²) in [5.74, 6) is -1.60. The molecule has 1 aromatic carbocycles. The van der Waals surface area contributed by atoms with E-state index < -0.39 is 17.7 Å². The van der Waals surface area contributed by atoms with Crippen molar-refractivity contribution in [3.63, 3.8) is 0 Å². The van der Waals surface area contributed by atoms with E-state index in [0.717, 1.165) is 12.1 Å². The predicted molar refractivity (Wildman–Crippen MR) is 64.6 cm³/mol. The summed E-state index contributed by atoms with van der Waals surface area (Å²) in [6.07, 6.45) is 0.590. The zero-order valence-corrected chi connectivity index (χ0v) is 11.0. The molecule has 0 bridgehead atoms. The fraction of sp³-hybridized carbons (Fsp3) is 0.273. The molecule has 0 aliphatic rings. The third kappa shape index (κ3) is 2.41. The summed E-state index contributed by atoms with van der Waals surface area (Å²) in [6, 6.07) is 1.82. The van der Waals surface area contributed by atoms with Gasteiger partial charge in [0.15, 0.2) is 0 Å². The Balaban J connectivity index is 2.46. The topological polar surface area (TPSA) is 64.9 Å². The molecule has 4 nitrogen and oxygen atoms in total. The Hall–Kier alpha value is -1.34. The first-order chi connectivity index (χ1) is 8.52. The molecule has 0 spiro atoms. The second-order valence-electron chi connectivity index (χ2n) is 3.70. The van der Waals surface area contributed by atoms with Crippen molar-refractivity contribution in [1.29, 1.82) is 0 Å². The van der Waals surface area contributed by atoms with Crippen molar-refractivity contribution in [2.24, 2.45) is 5.73 Å². The van der Waals surface area contributed by atoms with Crippen molar-refractivity contribution < 1.29 is 13.2 Å². The van der Waals surface area contributed by atoms with Crippen molar-refractivity contribution >= 4 is 15.9 Å². The van der Waals surface area contributed by atoms with E-state index in [1.54, 1.807) is 0 Å². The van der Waals surface area contributed by atoms with E-state index in [2.05, 4.69) is 26.1 Å². The zero-order chi connectivity index (χ0) is 13.3. The number of hydrogen-bond donors (Lipinski definition) is 1. The van der Waals surface area contributed by atoms with Gasteiger partial charge in [0, 0.05) is 4.47 Å². The van der Waals surface area contributed by atoms with Crippen LogP contribution in [0.5, 0.6) is 0 Å². The molecule has 1 aromatic heterocycles. The summed E-state index contributed by atoms with van der Waals surface area (Å²) in [5.41, 5.74) is 5.35. The van der Waals surface area contributed by atoms with Crippen LogP contribution in [0.15, 0.2) is 21.0 Å². The quantitative estimate of drug-likeness (QED) is 0.944. The highest BCUT2D eigenvalue weighted by Crippen LogP contribution is 2.29. The van der Waals surface area contributed by atoms with Gasteiger partial charge in [0.1, 0.15) is 17.2 Å². The summed E-state index contributed by atoms with van der Waals surface area (Å²) in [5, 5.41) is 7.30. The maximum absolute atomic E-state index is 13.7. The zero-order valence-electron chi connectivity index (χ0n) is 9.45. The van der Waals surface area contributed by atoms with Crippen molar-refractivity contribution in [2.75, 3.05) is 0 Å². The number of halogens is 3. The van der Waals surface area contributed by atoms with Gasteiger partial charge >= 0.3 is 0 Å². The number of aromatic nitrogens is 2. The summed E-state index contributed by atoms with van der Waals surface area (Å²) in [4.78, 5) is 0. The number of nitrogens with zero attached hydrogens (tertiary/aromatic N) is 2. The predicted octanol–water partition coefficient (Wildman–Crippen LogP) is 3.19. The molecule has 18 heavy (non-hydrogen) atoms. The van der Waals surface area contributed by atoms with Crippen LogP contribution in [0.3, 0.4) is 0 Å². The van der Waals surface area contributed by atoms with E-state index in [4.69, 9.17) is 10.2 Å². The molecule has 7 heteroatoms. The normalized spacial score (nSPS) is 12.7. The fourth-order valence-electron chi connectivity index (χ4n) is 1.41. The molecule has 0 radical (unpaired) electrons. The van der Waals surface area contributed by atoms with Crippen LogP contribution in [-0.4, -0.2) is 10.2 Å². The van der Waals surface area contributed by atoms with Gasteiger partial charge < -0.3 is 10.2 Å². The Labute approximate surface area is 110 Å². The van der Waals surface area contributed by atoms with Gasteiger partial charge in [0.2, 0.25) is 5.89 Å². The van der Waals surface area contributed by atoms with E-state index in [1.807, 2.05) is 6.92 Å². The van der Waals surface area contributed by atoms with Crippen LogP contribution in [-0.2, 0) is 0 Å². The van der Waals surface area contributed by atoms with E-state index in [0.29, 0.717) is 10.9 Å². The van der Waals surface area contributed by atoms with Gasteiger partial charge in [0.05, 0.1) is 6.04 Å². The highest BCUT2D eigenvalue weighted by molar-refractivity contribution is 9.10. The number of benzene rings is 1. The Bertz CT molecular complexity index is 550. The largest absolute Gasteiger partial charge is 0.419 e. The second-order valence-corrected chi connectivity index (χ2v) is 4.62. The van der Waals surface area contributed by atoms with Gasteiger partial charge in [0.25, 0.3) is 5.89 Å². The highest BCUT2D eigenvalue weighted by Gasteiger charge is 2.20. The maximum Gasteiger partial charge on any atom is 0.253 e. The minimum Gasteiger partial charge on any atom is -0.419 e. The molecule has 0 saturated carbocycles. The van der Waals surface area contributed by atoms with E-state index >= 15 is 0 Å². The van der Waals surface area contributed by atoms with Crippen LogP contribution >= 0.6 is 15.9 Å². The Morgan fingerprint density at radius 1 is 1.33 bits per heavy atom. The van der Waals surface area contributed by atoms with E-state index in [1.165, 1.54) is 0 Å².